The number of benzene rings is 2. The largest absolute Gasteiger partial charge is 0.372 e. The van der Waals surface area contributed by atoms with E-state index in [2.05, 4.69) is 16.3 Å². The van der Waals surface area contributed by atoms with Crippen LogP contribution in [0.4, 0.5) is 11.4 Å². The Morgan fingerprint density at radius 1 is 1.16 bits per heavy atom. The van der Waals surface area contributed by atoms with Crippen molar-refractivity contribution in [3.63, 3.8) is 0 Å². The fraction of sp³-hybridized carbons (Fsp3) is 0.391. The number of anilines is 2. The lowest BCUT2D eigenvalue weighted by Crippen LogP contribution is -2.39. The molecule has 0 unspecified atom stereocenters. The first-order valence-corrected chi connectivity index (χ1v) is 12.0. The first kappa shape index (κ1) is 21.3. The van der Waals surface area contributed by atoms with E-state index in [9.17, 15) is 13.2 Å². The normalized spacial score (nSPS) is 16.4. The number of rotatable bonds is 7. The van der Waals surface area contributed by atoms with Crippen molar-refractivity contribution in [2.75, 3.05) is 29.9 Å². The number of amides is 1. The van der Waals surface area contributed by atoms with Gasteiger partial charge in [0.25, 0.3) is 0 Å². The van der Waals surface area contributed by atoms with Gasteiger partial charge in [0.05, 0.1) is 23.1 Å². The predicted octanol–water partition coefficient (Wildman–Crippen LogP) is 3.26. The van der Waals surface area contributed by atoms with Gasteiger partial charge in [0.15, 0.2) is 0 Å². The second-order valence-electron chi connectivity index (χ2n) is 8.16. The van der Waals surface area contributed by atoms with Crippen molar-refractivity contribution in [2.24, 2.45) is 0 Å². The van der Waals surface area contributed by atoms with Crippen LogP contribution < -0.4 is 10.2 Å². The summed E-state index contributed by atoms with van der Waals surface area (Å²) in [7, 11) is -3.82. The molecule has 8 heteroatoms. The molecule has 0 spiro atoms. The predicted molar refractivity (Wildman–Crippen MR) is 119 cm³/mol. The first-order valence-electron chi connectivity index (χ1n) is 10.6. The zero-order valence-corrected chi connectivity index (χ0v) is 18.4. The molecule has 1 N–H and O–H groups in total. The van der Waals surface area contributed by atoms with Gasteiger partial charge in [0.2, 0.25) is 15.9 Å². The molecule has 2 aliphatic rings. The summed E-state index contributed by atoms with van der Waals surface area (Å²) in [6, 6.07) is 13.6. The maximum atomic E-state index is 13.1. The molecule has 1 amide bonds. The van der Waals surface area contributed by atoms with Crippen LogP contribution in [0.25, 0.3) is 0 Å². The van der Waals surface area contributed by atoms with Gasteiger partial charge in [-0.15, -0.1) is 0 Å². The van der Waals surface area contributed by atoms with Crippen LogP contribution in [0, 0.1) is 18.3 Å². The lowest BCUT2D eigenvalue weighted by Gasteiger charge is -2.22. The first-order chi connectivity index (χ1) is 14.9. The fourth-order valence-electron chi connectivity index (χ4n) is 3.90. The van der Waals surface area contributed by atoms with E-state index >= 15 is 0 Å². The maximum absolute atomic E-state index is 13.1. The SMILES string of the molecule is Cc1cc(N2CCCC2)ccc1NC(=O)CN(C1CC1)S(=O)(=O)c1ccc(C#N)cc1. The Hall–Kier alpha value is -2.89. The molecule has 2 aromatic carbocycles. The quantitative estimate of drug-likeness (QED) is 0.716. The van der Waals surface area contributed by atoms with Crippen LogP contribution >= 0.6 is 0 Å². The van der Waals surface area contributed by atoms with Crippen molar-refractivity contribution >= 4 is 27.3 Å². The Kier molecular flexibility index (Phi) is 5.99. The molecule has 1 saturated carbocycles. The molecule has 31 heavy (non-hydrogen) atoms. The Bertz CT molecular complexity index is 1110. The van der Waals surface area contributed by atoms with Crippen molar-refractivity contribution in [1.82, 2.24) is 4.31 Å². The summed E-state index contributed by atoms with van der Waals surface area (Å²) in [6.07, 6.45) is 3.88. The number of sulfonamides is 1. The van der Waals surface area contributed by atoms with Crippen LogP contribution in [0.1, 0.15) is 36.8 Å². The van der Waals surface area contributed by atoms with E-state index in [-0.39, 0.29) is 23.4 Å². The Morgan fingerprint density at radius 2 is 1.84 bits per heavy atom. The number of nitrogens with one attached hydrogen (secondary N) is 1. The molecule has 0 bridgehead atoms. The highest BCUT2D eigenvalue weighted by Crippen LogP contribution is 2.32. The molecule has 1 aliphatic carbocycles. The van der Waals surface area contributed by atoms with E-state index in [1.807, 2.05) is 25.1 Å². The van der Waals surface area contributed by atoms with Crippen molar-refractivity contribution in [3.05, 3.63) is 53.6 Å². The maximum Gasteiger partial charge on any atom is 0.243 e. The zero-order chi connectivity index (χ0) is 22.0. The number of nitrogens with zero attached hydrogens (tertiary/aromatic N) is 3. The zero-order valence-electron chi connectivity index (χ0n) is 17.5. The standard InChI is InChI=1S/C23H26N4O3S/c1-17-14-20(26-12-2-3-13-26)8-11-22(17)25-23(28)16-27(19-6-7-19)31(29,30)21-9-4-18(15-24)5-10-21/h4-5,8-11,14,19H,2-3,6-7,12-13,16H2,1H3,(H,25,28). The number of carbonyl (C=O) groups excluding carboxylic acids is 1. The number of carbonyl (C=O) groups is 1. The van der Waals surface area contributed by atoms with Crippen LogP contribution in [-0.2, 0) is 14.8 Å². The van der Waals surface area contributed by atoms with E-state index in [0.717, 1.165) is 37.2 Å². The third-order valence-corrected chi connectivity index (χ3v) is 7.71. The molecular weight excluding hydrogens is 412 g/mol. The van der Waals surface area contributed by atoms with E-state index in [4.69, 9.17) is 5.26 Å². The number of hydrogen-bond donors (Lipinski definition) is 1. The smallest absolute Gasteiger partial charge is 0.243 e. The second kappa shape index (κ2) is 8.69. The lowest BCUT2D eigenvalue weighted by molar-refractivity contribution is -0.116. The molecule has 0 radical (unpaired) electrons. The van der Waals surface area contributed by atoms with Crippen LogP contribution in [-0.4, -0.2) is 44.3 Å². The molecular formula is C23H26N4O3S. The van der Waals surface area contributed by atoms with Crippen LogP contribution in [0.3, 0.4) is 0 Å². The molecule has 2 aromatic rings. The molecule has 0 atom stereocenters. The average Bonchev–Trinajstić information content (AvgIpc) is 3.45. The van der Waals surface area contributed by atoms with Gasteiger partial charge in [-0.3, -0.25) is 4.79 Å². The number of aryl methyl sites for hydroxylation is 1. The van der Waals surface area contributed by atoms with Gasteiger partial charge < -0.3 is 10.2 Å². The van der Waals surface area contributed by atoms with Crippen molar-refractivity contribution in [3.8, 4) is 6.07 Å². The molecule has 162 valence electrons. The van der Waals surface area contributed by atoms with Crippen LogP contribution in [0.15, 0.2) is 47.4 Å². The van der Waals surface area contributed by atoms with Gasteiger partial charge in [-0.25, -0.2) is 8.42 Å². The van der Waals surface area contributed by atoms with Gasteiger partial charge >= 0.3 is 0 Å². The Morgan fingerprint density at radius 3 is 2.42 bits per heavy atom. The number of nitriles is 1. The molecule has 0 aromatic heterocycles. The van der Waals surface area contributed by atoms with Crippen LogP contribution in [0.2, 0.25) is 0 Å². The van der Waals surface area contributed by atoms with Crippen molar-refractivity contribution < 1.29 is 13.2 Å². The highest BCUT2D eigenvalue weighted by molar-refractivity contribution is 7.89. The van der Waals surface area contributed by atoms with Crippen LogP contribution in [0.5, 0.6) is 0 Å². The van der Waals surface area contributed by atoms with E-state index in [1.54, 1.807) is 0 Å². The summed E-state index contributed by atoms with van der Waals surface area (Å²) in [5, 5.41) is 11.8. The third-order valence-electron chi connectivity index (χ3n) is 5.80. The molecule has 1 aliphatic heterocycles. The van der Waals surface area contributed by atoms with Crippen molar-refractivity contribution in [1.29, 1.82) is 5.26 Å². The van der Waals surface area contributed by atoms with Gasteiger partial charge in [-0.1, -0.05) is 0 Å². The van der Waals surface area contributed by atoms with Gasteiger partial charge in [-0.2, -0.15) is 9.57 Å². The monoisotopic (exact) mass is 438 g/mol. The van der Waals surface area contributed by atoms with Gasteiger partial charge in [0.1, 0.15) is 0 Å². The molecule has 2 fully saturated rings. The summed E-state index contributed by atoms with van der Waals surface area (Å²) in [5.41, 5.74) is 3.18. The Labute approximate surface area is 183 Å². The summed E-state index contributed by atoms with van der Waals surface area (Å²) < 4.78 is 27.5. The average molecular weight is 439 g/mol. The molecule has 1 heterocycles. The summed E-state index contributed by atoms with van der Waals surface area (Å²) in [5.74, 6) is -0.360. The van der Waals surface area contributed by atoms with Gasteiger partial charge in [-0.05, 0) is 80.6 Å². The van der Waals surface area contributed by atoms with E-state index in [0.29, 0.717) is 11.3 Å². The number of hydrogen-bond acceptors (Lipinski definition) is 5. The van der Waals surface area contributed by atoms with Crippen molar-refractivity contribution in [2.45, 2.75) is 43.5 Å². The molecule has 7 nitrogen and oxygen atoms in total. The minimum atomic E-state index is -3.82. The third kappa shape index (κ3) is 4.73. The second-order valence-corrected chi connectivity index (χ2v) is 10.0. The molecule has 4 rings (SSSR count). The minimum Gasteiger partial charge on any atom is -0.372 e. The highest BCUT2D eigenvalue weighted by Gasteiger charge is 2.39. The summed E-state index contributed by atoms with van der Waals surface area (Å²) in [6.45, 7) is 3.81. The van der Waals surface area contributed by atoms with E-state index < -0.39 is 10.0 Å². The lowest BCUT2D eigenvalue weighted by atomic mass is 10.1. The minimum absolute atomic E-state index is 0.0948. The molecule has 1 saturated heterocycles. The topological polar surface area (TPSA) is 93.5 Å². The Balaban J connectivity index is 1.47. The summed E-state index contributed by atoms with van der Waals surface area (Å²) >= 11 is 0. The van der Waals surface area contributed by atoms with Gasteiger partial charge in [0, 0.05) is 30.5 Å². The highest BCUT2D eigenvalue weighted by atomic mass is 32.2. The fourth-order valence-corrected chi connectivity index (χ4v) is 5.54. The summed E-state index contributed by atoms with van der Waals surface area (Å²) in [4.78, 5) is 15.2. The van der Waals surface area contributed by atoms with E-state index in [1.165, 1.54) is 41.4 Å².